The highest BCUT2D eigenvalue weighted by molar-refractivity contribution is 7.25. The monoisotopic (exact) mass is 1260 g/mol. The molecular formula is C90H60N6S. The number of hydrogen-bond donors (Lipinski definition) is 0. The van der Waals surface area contributed by atoms with Gasteiger partial charge in [0.1, 0.15) is 0 Å². The molecule has 6 nitrogen and oxygen atoms in total. The summed E-state index contributed by atoms with van der Waals surface area (Å²) in [6, 6.07) is 118. The third-order valence-electron chi connectivity index (χ3n) is 20.0. The number of benzene rings is 14. The van der Waals surface area contributed by atoms with Crippen molar-refractivity contribution < 1.29 is 0 Å². The SMILES string of the molecule is CC1(C)c2ccccc2-c2ccc(-c3ccc4sc5ccc(-n6c7ccccc7c7ccccc76)cc5c4c3)cc21.c1ccc(-c2nc(-c3ccccc3)nc(-c3cccc(-n4c5ccccc5c5cc(-c6ccc7c(c6)c6ccccc6n7-c6ccccc6)ccc54)c3)n2)cc1. The molecule has 0 fully saturated rings. The van der Waals surface area contributed by atoms with E-state index in [4.69, 9.17) is 15.0 Å². The Bertz CT molecular complexity index is 6240. The second-order valence-electron chi connectivity index (χ2n) is 25.9. The van der Waals surface area contributed by atoms with E-state index in [2.05, 4.69) is 294 Å². The van der Waals surface area contributed by atoms with Crippen LogP contribution in [0.1, 0.15) is 25.0 Å². The Hall–Kier alpha value is -12.3. The van der Waals surface area contributed by atoms with E-state index in [-0.39, 0.29) is 5.41 Å². The van der Waals surface area contributed by atoms with Gasteiger partial charge in [0, 0.05) is 91.7 Å². The quantitative estimate of drug-likeness (QED) is 0.152. The summed E-state index contributed by atoms with van der Waals surface area (Å²) in [5, 5.41) is 10.1. The summed E-state index contributed by atoms with van der Waals surface area (Å²) in [7, 11) is 0. The van der Waals surface area contributed by atoms with Crippen molar-refractivity contribution in [1.82, 2.24) is 28.7 Å². The first kappa shape index (κ1) is 56.3. The number of nitrogens with zero attached hydrogens (tertiary/aromatic N) is 6. The molecule has 5 heterocycles. The van der Waals surface area contributed by atoms with Crippen molar-refractivity contribution in [2.75, 3.05) is 0 Å². The van der Waals surface area contributed by atoms with Gasteiger partial charge in [-0.3, -0.25) is 0 Å². The lowest BCUT2D eigenvalue weighted by molar-refractivity contribution is 0.660. The van der Waals surface area contributed by atoms with Crippen molar-refractivity contribution in [3.8, 4) is 84.6 Å². The molecule has 1 aliphatic carbocycles. The molecule has 0 amide bonds. The summed E-state index contributed by atoms with van der Waals surface area (Å²) in [6.07, 6.45) is 0. The van der Waals surface area contributed by atoms with Crippen molar-refractivity contribution in [1.29, 1.82) is 0 Å². The maximum absolute atomic E-state index is 5.02. The van der Waals surface area contributed by atoms with E-state index >= 15 is 0 Å². The van der Waals surface area contributed by atoms with Crippen molar-refractivity contribution >= 4 is 96.9 Å². The van der Waals surface area contributed by atoms with Crippen LogP contribution >= 0.6 is 11.3 Å². The summed E-state index contributed by atoms with van der Waals surface area (Å²) in [4.78, 5) is 14.9. The van der Waals surface area contributed by atoms with E-state index in [0.717, 1.165) is 39.1 Å². The Morgan fingerprint density at radius 1 is 0.237 bits per heavy atom. The fourth-order valence-electron chi connectivity index (χ4n) is 15.3. The second kappa shape index (κ2) is 22.5. The average Bonchev–Trinajstić information content (AvgIpc) is 1.61. The summed E-state index contributed by atoms with van der Waals surface area (Å²) < 4.78 is 9.79. The van der Waals surface area contributed by atoms with Crippen LogP contribution in [0.2, 0.25) is 0 Å². The van der Waals surface area contributed by atoms with Crippen LogP contribution < -0.4 is 0 Å². The number of thiophene rings is 1. The Kier molecular flexibility index (Phi) is 13.0. The number of hydrogen-bond acceptors (Lipinski definition) is 4. The minimum Gasteiger partial charge on any atom is -0.309 e. The molecule has 14 aromatic carbocycles. The zero-order chi connectivity index (χ0) is 64.3. The Balaban J connectivity index is 0.000000143. The van der Waals surface area contributed by atoms with Crippen molar-refractivity contribution in [2.24, 2.45) is 0 Å². The van der Waals surface area contributed by atoms with Crippen LogP contribution in [0.4, 0.5) is 0 Å². The zero-order valence-electron chi connectivity index (χ0n) is 53.3. The van der Waals surface area contributed by atoms with Crippen LogP contribution in [-0.2, 0) is 5.41 Å². The van der Waals surface area contributed by atoms with Crippen LogP contribution in [0, 0.1) is 0 Å². The van der Waals surface area contributed by atoms with Gasteiger partial charge in [-0.1, -0.05) is 232 Å². The molecule has 0 aliphatic heterocycles. The first-order valence-electron chi connectivity index (χ1n) is 33.1. The molecule has 7 heteroatoms. The van der Waals surface area contributed by atoms with Crippen molar-refractivity contribution in [3.63, 3.8) is 0 Å². The van der Waals surface area contributed by atoms with Gasteiger partial charge in [0.15, 0.2) is 17.5 Å². The molecule has 0 radical (unpaired) electrons. The minimum absolute atomic E-state index is 0.00166. The molecule has 0 N–H and O–H groups in total. The first-order chi connectivity index (χ1) is 47.8. The van der Waals surface area contributed by atoms with Gasteiger partial charge in [-0.15, -0.1) is 11.3 Å². The summed E-state index contributed by atoms with van der Waals surface area (Å²) in [5.41, 5.74) is 23.9. The lowest BCUT2D eigenvalue weighted by atomic mass is 9.81. The molecule has 456 valence electrons. The molecule has 20 rings (SSSR count). The summed E-state index contributed by atoms with van der Waals surface area (Å²) in [6.45, 7) is 4.71. The van der Waals surface area contributed by atoms with Gasteiger partial charge in [0.25, 0.3) is 0 Å². The number of fused-ring (bicyclic) bond motifs is 15. The first-order valence-corrected chi connectivity index (χ1v) is 34.0. The number of para-hydroxylation sites is 5. The molecule has 0 atom stereocenters. The fraction of sp³-hybridized carbons (Fsp3) is 0.0333. The van der Waals surface area contributed by atoms with Gasteiger partial charge >= 0.3 is 0 Å². The zero-order valence-corrected chi connectivity index (χ0v) is 54.1. The molecule has 5 aromatic heterocycles. The third kappa shape index (κ3) is 9.26. The molecular weight excluding hydrogens is 1200 g/mol. The van der Waals surface area contributed by atoms with E-state index in [1.807, 2.05) is 72.0 Å². The molecule has 0 saturated carbocycles. The number of rotatable bonds is 8. The third-order valence-corrected chi connectivity index (χ3v) is 21.1. The summed E-state index contributed by atoms with van der Waals surface area (Å²) in [5.74, 6) is 1.92. The van der Waals surface area contributed by atoms with Crippen LogP contribution in [-0.4, -0.2) is 28.7 Å². The molecule has 0 spiro atoms. The van der Waals surface area contributed by atoms with Gasteiger partial charge < -0.3 is 13.7 Å². The molecule has 0 unspecified atom stereocenters. The van der Waals surface area contributed by atoms with Crippen molar-refractivity contribution in [2.45, 2.75) is 19.3 Å². The normalized spacial score (nSPS) is 12.5. The van der Waals surface area contributed by atoms with E-state index in [1.165, 1.54) is 125 Å². The highest BCUT2D eigenvalue weighted by Gasteiger charge is 2.35. The maximum Gasteiger partial charge on any atom is 0.164 e. The van der Waals surface area contributed by atoms with Gasteiger partial charge in [0.05, 0.1) is 33.1 Å². The topological polar surface area (TPSA) is 53.5 Å². The van der Waals surface area contributed by atoms with Crippen molar-refractivity contribution in [3.05, 3.63) is 339 Å². The van der Waals surface area contributed by atoms with Gasteiger partial charge in [-0.25, -0.2) is 15.0 Å². The summed E-state index contributed by atoms with van der Waals surface area (Å²) >= 11 is 1.88. The lowest BCUT2D eigenvalue weighted by Crippen LogP contribution is -2.14. The van der Waals surface area contributed by atoms with Gasteiger partial charge in [0.2, 0.25) is 0 Å². The average molecular weight is 1260 g/mol. The van der Waals surface area contributed by atoms with E-state index in [9.17, 15) is 0 Å². The Labute approximate surface area is 564 Å². The standard InChI is InChI=1S/C51H33N5.C39H27NS/c1-4-15-34(16-5-1)49-52-50(35-17-6-2-7-18-35)54-51(53-49)38-19-14-22-40(31-38)56-46-26-13-11-24-42(46)44-33-37(28-30-48(44)56)36-27-29-47-43(32-36)41-23-10-12-25-45(41)55(47)39-20-8-3-9-21-39;1-39(2)33-12-6-3-9-27(33)28-18-15-25(22-34(28)39)24-16-19-37-31(21-24)32-23-26(17-20-38(32)41-37)40-35-13-7-4-10-29(35)30-11-5-8-14-36(30)40/h1-33H;3-23H,1-2H3. The van der Waals surface area contributed by atoms with Gasteiger partial charge in [-0.2, -0.15) is 0 Å². The molecule has 0 bridgehead atoms. The fourth-order valence-corrected chi connectivity index (χ4v) is 16.4. The molecule has 0 saturated heterocycles. The molecule has 1 aliphatic rings. The van der Waals surface area contributed by atoms with E-state index in [1.54, 1.807) is 0 Å². The molecule has 19 aromatic rings. The predicted octanol–water partition coefficient (Wildman–Crippen LogP) is 23.9. The minimum atomic E-state index is -0.00166. The van der Waals surface area contributed by atoms with E-state index < -0.39 is 0 Å². The second-order valence-corrected chi connectivity index (χ2v) is 27.0. The highest BCUT2D eigenvalue weighted by Crippen LogP contribution is 2.50. The van der Waals surface area contributed by atoms with E-state index in [0.29, 0.717) is 17.5 Å². The Morgan fingerprint density at radius 2 is 0.608 bits per heavy atom. The van der Waals surface area contributed by atoms with Crippen LogP contribution in [0.25, 0.3) is 170 Å². The predicted molar refractivity (Wildman–Crippen MR) is 407 cm³/mol. The molecule has 97 heavy (non-hydrogen) atoms. The number of aromatic nitrogens is 6. The van der Waals surface area contributed by atoms with Crippen LogP contribution in [0.3, 0.4) is 0 Å². The van der Waals surface area contributed by atoms with Gasteiger partial charge in [-0.05, 0) is 154 Å². The van der Waals surface area contributed by atoms with Crippen LogP contribution in [0.15, 0.2) is 328 Å². The lowest BCUT2D eigenvalue weighted by Gasteiger charge is -2.22. The highest BCUT2D eigenvalue weighted by atomic mass is 32.1. The van der Waals surface area contributed by atoms with Crippen LogP contribution in [0.5, 0.6) is 0 Å². The smallest absolute Gasteiger partial charge is 0.164 e. The Morgan fingerprint density at radius 3 is 1.18 bits per heavy atom. The largest absolute Gasteiger partial charge is 0.309 e. The maximum atomic E-state index is 5.02.